The molecule has 41 heavy (non-hydrogen) atoms. The van der Waals surface area contributed by atoms with Crippen LogP contribution in [0.4, 0.5) is 17.1 Å². The Labute approximate surface area is 244 Å². The third-order valence-electron chi connectivity index (χ3n) is 7.84. The van der Waals surface area contributed by atoms with Gasteiger partial charge in [-0.05, 0) is 66.7 Å². The van der Waals surface area contributed by atoms with Gasteiger partial charge in [0.1, 0.15) is 5.92 Å². The van der Waals surface area contributed by atoms with E-state index >= 15 is 0 Å². The van der Waals surface area contributed by atoms with Crippen molar-refractivity contribution in [2.75, 3.05) is 57.0 Å². The number of aromatic nitrogens is 1. The Hall–Kier alpha value is -4.11. The van der Waals surface area contributed by atoms with E-state index in [1.54, 1.807) is 30.3 Å². The molecule has 1 unspecified atom stereocenters. The van der Waals surface area contributed by atoms with Crippen molar-refractivity contribution in [3.63, 3.8) is 0 Å². The van der Waals surface area contributed by atoms with E-state index in [1.807, 2.05) is 60.7 Å². The lowest BCUT2D eigenvalue weighted by Crippen LogP contribution is -2.48. The van der Waals surface area contributed by atoms with Crippen LogP contribution >= 0.6 is 11.6 Å². The number of carbonyl (C=O) groups excluding carboxylic acids is 2. The number of carbonyl (C=O) groups is 2. The van der Waals surface area contributed by atoms with Gasteiger partial charge in [0.05, 0.1) is 23.5 Å². The predicted octanol–water partition coefficient (Wildman–Crippen LogP) is 4.96. The maximum atomic E-state index is 13.3. The standard InChI is InChI=1S/C32H31ClN6O2/c1-37-14-16-39(17-15-37)20-29(40)38(2)25-10-8-24(9-11-25)35-31(22-6-5-21-4-3-13-34-27(21)18-22)30-26-12-7-23(33)19-28(26)36-32(30)41/h3-13,18-19,30H,14-17,20H2,1-2H3,(H,36,41). The minimum Gasteiger partial charge on any atom is -0.325 e. The van der Waals surface area contributed by atoms with Crippen molar-refractivity contribution in [3.8, 4) is 0 Å². The fourth-order valence-corrected chi connectivity index (χ4v) is 5.54. The fourth-order valence-electron chi connectivity index (χ4n) is 5.36. The van der Waals surface area contributed by atoms with Gasteiger partial charge in [0.2, 0.25) is 11.8 Å². The van der Waals surface area contributed by atoms with E-state index in [0.717, 1.165) is 53.9 Å². The Morgan fingerprint density at radius 2 is 1.83 bits per heavy atom. The molecule has 2 aliphatic heterocycles. The number of pyridine rings is 1. The first-order valence-corrected chi connectivity index (χ1v) is 14.0. The molecule has 1 saturated heterocycles. The summed E-state index contributed by atoms with van der Waals surface area (Å²) in [6.45, 7) is 4.11. The van der Waals surface area contributed by atoms with Crippen molar-refractivity contribution in [2.24, 2.45) is 4.99 Å². The van der Waals surface area contributed by atoms with Crippen molar-refractivity contribution in [3.05, 3.63) is 95.1 Å². The first kappa shape index (κ1) is 27.1. The molecule has 4 aromatic rings. The molecule has 9 heteroatoms. The zero-order chi connectivity index (χ0) is 28.5. The van der Waals surface area contributed by atoms with E-state index in [4.69, 9.17) is 16.6 Å². The van der Waals surface area contributed by atoms with Crippen molar-refractivity contribution in [1.82, 2.24) is 14.8 Å². The summed E-state index contributed by atoms with van der Waals surface area (Å²) < 4.78 is 0. The summed E-state index contributed by atoms with van der Waals surface area (Å²) in [5.41, 5.74) is 5.23. The average Bonchev–Trinajstić information content (AvgIpc) is 3.31. The number of piperazine rings is 1. The van der Waals surface area contributed by atoms with E-state index in [9.17, 15) is 9.59 Å². The van der Waals surface area contributed by atoms with Gasteiger partial charge in [0.25, 0.3) is 0 Å². The largest absolute Gasteiger partial charge is 0.325 e. The van der Waals surface area contributed by atoms with Crippen LogP contribution in [0.1, 0.15) is 17.0 Å². The van der Waals surface area contributed by atoms with E-state index in [-0.39, 0.29) is 11.8 Å². The van der Waals surface area contributed by atoms with Gasteiger partial charge in [-0.3, -0.25) is 24.5 Å². The van der Waals surface area contributed by atoms with Crippen LogP contribution in [0.3, 0.4) is 0 Å². The van der Waals surface area contributed by atoms with E-state index in [0.29, 0.717) is 28.7 Å². The number of rotatable bonds is 6. The molecule has 1 N–H and O–H groups in total. The van der Waals surface area contributed by atoms with Gasteiger partial charge in [0.15, 0.2) is 0 Å². The van der Waals surface area contributed by atoms with Crippen molar-refractivity contribution in [2.45, 2.75) is 5.92 Å². The summed E-state index contributed by atoms with van der Waals surface area (Å²) in [6.07, 6.45) is 1.75. The van der Waals surface area contributed by atoms with Gasteiger partial charge in [-0.2, -0.15) is 0 Å². The lowest BCUT2D eigenvalue weighted by molar-refractivity contribution is -0.120. The number of fused-ring (bicyclic) bond motifs is 2. The van der Waals surface area contributed by atoms with Crippen LogP contribution < -0.4 is 10.2 Å². The van der Waals surface area contributed by atoms with Crippen LogP contribution in [0.25, 0.3) is 10.9 Å². The summed E-state index contributed by atoms with van der Waals surface area (Å²) in [5.74, 6) is -0.725. The molecule has 1 fully saturated rings. The maximum Gasteiger partial charge on any atom is 0.240 e. The number of aliphatic imine (C=N–C) groups is 1. The molecule has 2 amide bonds. The summed E-state index contributed by atoms with van der Waals surface area (Å²) >= 11 is 6.21. The van der Waals surface area contributed by atoms with Gasteiger partial charge < -0.3 is 15.1 Å². The average molecular weight is 567 g/mol. The molecule has 208 valence electrons. The highest BCUT2D eigenvalue weighted by Crippen LogP contribution is 2.38. The normalized spacial score (nSPS) is 17.9. The van der Waals surface area contributed by atoms with Gasteiger partial charge >= 0.3 is 0 Å². The Morgan fingerprint density at radius 3 is 2.61 bits per heavy atom. The van der Waals surface area contributed by atoms with Crippen LogP contribution in [0.5, 0.6) is 0 Å². The number of hydrogen-bond donors (Lipinski definition) is 1. The van der Waals surface area contributed by atoms with Crippen LogP contribution in [0.2, 0.25) is 5.02 Å². The summed E-state index contributed by atoms with van der Waals surface area (Å²) in [4.78, 5) is 42.0. The molecule has 0 bridgehead atoms. The molecular formula is C32H31ClN6O2. The number of benzene rings is 3. The third-order valence-corrected chi connectivity index (χ3v) is 8.07. The molecule has 0 aliphatic carbocycles. The quantitative estimate of drug-likeness (QED) is 0.334. The van der Waals surface area contributed by atoms with E-state index in [2.05, 4.69) is 27.1 Å². The van der Waals surface area contributed by atoms with E-state index < -0.39 is 5.92 Å². The molecule has 0 radical (unpaired) electrons. The van der Waals surface area contributed by atoms with Crippen LogP contribution in [-0.4, -0.2) is 79.1 Å². The summed E-state index contributed by atoms with van der Waals surface area (Å²) in [7, 11) is 3.90. The van der Waals surface area contributed by atoms with E-state index in [1.165, 1.54) is 0 Å². The second kappa shape index (κ2) is 11.4. The maximum absolute atomic E-state index is 13.3. The third kappa shape index (κ3) is 5.72. The number of nitrogens with zero attached hydrogens (tertiary/aromatic N) is 5. The fraction of sp³-hybridized carbons (Fsp3) is 0.250. The highest BCUT2D eigenvalue weighted by Gasteiger charge is 2.35. The zero-order valence-electron chi connectivity index (χ0n) is 23.0. The highest BCUT2D eigenvalue weighted by atomic mass is 35.5. The van der Waals surface area contributed by atoms with Crippen LogP contribution in [0.15, 0.2) is 84.0 Å². The first-order chi connectivity index (χ1) is 19.9. The Balaban J connectivity index is 1.31. The number of nitrogens with one attached hydrogen (secondary N) is 1. The number of likely N-dealkylation sites (N-methyl/N-ethyl adjacent to an activating group) is 2. The van der Waals surface area contributed by atoms with Gasteiger partial charge in [-0.15, -0.1) is 0 Å². The second-order valence-corrected chi connectivity index (χ2v) is 11.0. The lowest BCUT2D eigenvalue weighted by Gasteiger charge is -2.32. The monoisotopic (exact) mass is 566 g/mol. The summed E-state index contributed by atoms with van der Waals surface area (Å²) in [6, 6.07) is 22.8. The molecule has 0 spiro atoms. The molecule has 1 aromatic heterocycles. The van der Waals surface area contributed by atoms with Crippen molar-refractivity contribution < 1.29 is 9.59 Å². The molecule has 1 atom stereocenters. The molecular weight excluding hydrogens is 536 g/mol. The number of halogens is 1. The smallest absolute Gasteiger partial charge is 0.240 e. The molecule has 6 rings (SSSR count). The molecule has 2 aliphatic rings. The Bertz CT molecular complexity index is 1650. The number of amides is 2. The van der Waals surface area contributed by atoms with Crippen molar-refractivity contribution in [1.29, 1.82) is 0 Å². The molecule has 0 saturated carbocycles. The van der Waals surface area contributed by atoms with Gasteiger partial charge in [-0.25, -0.2) is 0 Å². The topological polar surface area (TPSA) is 81.1 Å². The molecule has 8 nitrogen and oxygen atoms in total. The summed E-state index contributed by atoms with van der Waals surface area (Å²) in [5, 5.41) is 4.53. The lowest BCUT2D eigenvalue weighted by atomic mass is 9.90. The SMILES string of the molecule is CN1CCN(CC(=O)N(C)c2ccc(N=C(c3ccc4cccnc4c3)C3C(=O)Nc4cc(Cl)ccc43)cc2)CC1. The minimum absolute atomic E-state index is 0.0491. The van der Waals surface area contributed by atoms with Gasteiger partial charge in [0, 0.05) is 61.2 Å². The number of hydrogen-bond acceptors (Lipinski definition) is 6. The second-order valence-electron chi connectivity index (χ2n) is 10.6. The molecule has 3 heterocycles. The predicted molar refractivity (Wildman–Crippen MR) is 165 cm³/mol. The minimum atomic E-state index is -0.615. The Morgan fingerprint density at radius 1 is 1.05 bits per heavy atom. The van der Waals surface area contributed by atoms with Gasteiger partial charge in [-0.1, -0.05) is 35.9 Å². The van der Waals surface area contributed by atoms with Crippen LogP contribution in [-0.2, 0) is 9.59 Å². The highest BCUT2D eigenvalue weighted by molar-refractivity contribution is 6.31. The number of anilines is 2. The molecule has 3 aromatic carbocycles. The first-order valence-electron chi connectivity index (χ1n) is 13.7. The zero-order valence-corrected chi connectivity index (χ0v) is 23.8. The Kier molecular flexibility index (Phi) is 7.53. The van der Waals surface area contributed by atoms with Crippen LogP contribution in [0, 0.1) is 0 Å². The van der Waals surface area contributed by atoms with Crippen molar-refractivity contribution >= 4 is 57.1 Å².